The molecule has 0 bridgehead atoms. The molecule has 0 saturated heterocycles. The van der Waals surface area contributed by atoms with Gasteiger partial charge in [-0.05, 0) is 19.1 Å². The summed E-state index contributed by atoms with van der Waals surface area (Å²) in [4.78, 5) is 21.3. The van der Waals surface area contributed by atoms with Gasteiger partial charge in [0.05, 0.1) is 18.5 Å². The lowest BCUT2D eigenvalue weighted by molar-refractivity contribution is -0.383. The Labute approximate surface area is 114 Å². The Kier molecular flexibility index (Phi) is 5.25. The van der Waals surface area contributed by atoms with Crippen LogP contribution in [0.15, 0.2) is 23.3 Å². The summed E-state index contributed by atoms with van der Waals surface area (Å²) in [7, 11) is 1.27. The zero-order chi connectivity index (χ0) is 14.4. The Morgan fingerprint density at radius 1 is 1.58 bits per heavy atom. The number of hydrogen-bond acceptors (Lipinski definition) is 6. The summed E-state index contributed by atoms with van der Waals surface area (Å²) < 4.78 is 4.48. The minimum atomic E-state index is -0.570. The molecule has 1 rings (SSSR count). The number of hydrogen-bond donors (Lipinski definition) is 1. The minimum Gasteiger partial charge on any atom is -0.469 e. The van der Waals surface area contributed by atoms with Crippen molar-refractivity contribution in [3.8, 4) is 0 Å². The van der Waals surface area contributed by atoms with Gasteiger partial charge in [0.25, 0.3) is 5.69 Å². The normalized spacial score (nSPS) is 11.0. The van der Waals surface area contributed by atoms with Gasteiger partial charge in [0, 0.05) is 16.8 Å². The molecule has 0 aliphatic heterocycles. The number of benzene rings is 1. The standard InChI is InChI=1S/C11H12ClN3O4/c1-7(5-11(16)19-2)13-14-9-4-3-8(12)6-10(9)15(17)18/h3-4,6,14H,5H2,1-2H3/b13-7+. The highest BCUT2D eigenvalue weighted by Gasteiger charge is 2.14. The maximum absolute atomic E-state index is 11.0. The quantitative estimate of drug-likeness (QED) is 0.388. The lowest BCUT2D eigenvalue weighted by Gasteiger charge is -2.04. The van der Waals surface area contributed by atoms with Gasteiger partial charge in [-0.25, -0.2) is 0 Å². The van der Waals surface area contributed by atoms with Crippen molar-refractivity contribution in [3.63, 3.8) is 0 Å². The first-order valence-corrected chi connectivity index (χ1v) is 5.61. The fraction of sp³-hybridized carbons (Fsp3) is 0.273. The molecule has 102 valence electrons. The van der Waals surface area contributed by atoms with Crippen molar-refractivity contribution < 1.29 is 14.5 Å². The summed E-state index contributed by atoms with van der Waals surface area (Å²) >= 11 is 5.68. The van der Waals surface area contributed by atoms with E-state index in [-0.39, 0.29) is 22.8 Å². The van der Waals surface area contributed by atoms with Crippen LogP contribution >= 0.6 is 11.6 Å². The minimum absolute atomic E-state index is 0.00485. The van der Waals surface area contributed by atoms with Crippen LogP contribution in [0, 0.1) is 10.1 Å². The maximum atomic E-state index is 11.0. The molecule has 1 aromatic rings. The third kappa shape index (κ3) is 4.55. The van der Waals surface area contributed by atoms with Gasteiger partial charge in [0.2, 0.25) is 0 Å². The molecule has 0 aliphatic rings. The highest BCUT2D eigenvalue weighted by Crippen LogP contribution is 2.27. The molecule has 0 saturated carbocycles. The fourth-order valence-electron chi connectivity index (χ4n) is 1.23. The molecule has 19 heavy (non-hydrogen) atoms. The second-order valence-corrected chi connectivity index (χ2v) is 4.07. The van der Waals surface area contributed by atoms with Gasteiger partial charge in [0.15, 0.2) is 0 Å². The number of nitro benzene ring substituents is 1. The monoisotopic (exact) mass is 285 g/mol. The molecule has 0 heterocycles. The second kappa shape index (κ2) is 6.69. The molecule has 0 spiro atoms. The Balaban J connectivity index is 2.85. The molecule has 8 heteroatoms. The third-order valence-corrected chi connectivity index (χ3v) is 2.39. The lowest BCUT2D eigenvalue weighted by Crippen LogP contribution is -2.08. The highest BCUT2D eigenvalue weighted by atomic mass is 35.5. The van der Waals surface area contributed by atoms with Gasteiger partial charge < -0.3 is 4.74 Å². The molecule has 0 unspecified atom stereocenters. The number of carbonyl (C=O) groups is 1. The predicted octanol–water partition coefficient (Wildman–Crippen LogP) is 2.60. The molecule has 7 nitrogen and oxygen atoms in total. The van der Waals surface area contributed by atoms with Crippen molar-refractivity contribution in [1.29, 1.82) is 0 Å². The second-order valence-electron chi connectivity index (χ2n) is 3.63. The van der Waals surface area contributed by atoms with E-state index in [1.54, 1.807) is 6.92 Å². The first-order chi connectivity index (χ1) is 8.93. The van der Waals surface area contributed by atoms with Crippen molar-refractivity contribution in [3.05, 3.63) is 33.3 Å². The third-order valence-electron chi connectivity index (χ3n) is 2.15. The predicted molar refractivity (Wildman–Crippen MR) is 71.5 cm³/mol. The number of ether oxygens (including phenoxy) is 1. The number of nitrogens with one attached hydrogen (secondary N) is 1. The highest BCUT2D eigenvalue weighted by molar-refractivity contribution is 6.30. The Hall–Kier alpha value is -2.15. The van der Waals surface area contributed by atoms with Crippen LogP contribution in [-0.4, -0.2) is 23.7 Å². The van der Waals surface area contributed by atoms with Crippen LogP contribution in [0.2, 0.25) is 5.02 Å². The summed E-state index contributed by atoms with van der Waals surface area (Å²) in [5, 5.41) is 15.0. The summed E-state index contributed by atoms with van der Waals surface area (Å²) in [5.41, 5.74) is 2.97. The smallest absolute Gasteiger partial charge is 0.311 e. The van der Waals surface area contributed by atoms with E-state index in [1.165, 1.54) is 25.3 Å². The molecule has 1 aromatic carbocycles. The van der Waals surface area contributed by atoms with E-state index < -0.39 is 10.9 Å². The van der Waals surface area contributed by atoms with Crippen LogP contribution in [0.5, 0.6) is 0 Å². The van der Waals surface area contributed by atoms with Crippen molar-refractivity contribution in [2.24, 2.45) is 5.10 Å². The van der Waals surface area contributed by atoms with E-state index in [0.717, 1.165) is 0 Å². The van der Waals surface area contributed by atoms with E-state index >= 15 is 0 Å². The first kappa shape index (κ1) is 14.9. The zero-order valence-corrected chi connectivity index (χ0v) is 11.1. The molecule has 0 atom stereocenters. The number of nitrogens with zero attached hydrogens (tertiary/aromatic N) is 2. The van der Waals surface area contributed by atoms with E-state index in [4.69, 9.17) is 11.6 Å². The number of nitro groups is 1. The lowest BCUT2D eigenvalue weighted by atomic mass is 10.3. The molecule has 0 amide bonds. The van der Waals surface area contributed by atoms with Crippen LogP contribution in [0.25, 0.3) is 0 Å². The number of anilines is 1. The summed E-state index contributed by atoms with van der Waals surface area (Å²) in [6, 6.07) is 4.16. The average Bonchev–Trinajstić information content (AvgIpc) is 2.36. The molecular formula is C11H12ClN3O4. The number of methoxy groups -OCH3 is 1. The van der Waals surface area contributed by atoms with Gasteiger partial charge in [-0.15, -0.1) is 0 Å². The summed E-state index contributed by atoms with van der Waals surface area (Å²) in [6.45, 7) is 1.60. The Bertz CT molecular complexity index is 531. The van der Waals surface area contributed by atoms with E-state index in [1.807, 2.05) is 0 Å². The topological polar surface area (TPSA) is 93.8 Å². The SMILES string of the molecule is COC(=O)C/C(C)=N/Nc1ccc(Cl)cc1[N+](=O)[O-]. The van der Waals surface area contributed by atoms with E-state index in [9.17, 15) is 14.9 Å². The van der Waals surface area contributed by atoms with E-state index in [0.29, 0.717) is 5.71 Å². The zero-order valence-electron chi connectivity index (χ0n) is 10.3. The molecular weight excluding hydrogens is 274 g/mol. The number of halogens is 1. The first-order valence-electron chi connectivity index (χ1n) is 5.24. The van der Waals surface area contributed by atoms with Crippen molar-refractivity contribution in [1.82, 2.24) is 0 Å². The van der Waals surface area contributed by atoms with Crippen molar-refractivity contribution in [2.75, 3.05) is 12.5 Å². The number of hydrazone groups is 1. The summed E-state index contributed by atoms with van der Waals surface area (Å²) in [6.07, 6.45) is 0.00485. The van der Waals surface area contributed by atoms with Gasteiger partial charge >= 0.3 is 5.97 Å². The van der Waals surface area contributed by atoms with E-state index in [2.05, 4.69) is 15.3 Å². The van der Waals surface area contributed by atoms with Crippen molar-refractivity contribution >= 4 is 34.7 Å². The Morgan fingerprint density at radius 2 is 2.26 bits per heavy atom. The van der Waals surface area contributed by atoms with Crippen LogP contribution in [0.4, 0.5) is 11.4 Å². The summed E-state index contributed by atoms with van der Waals surface area (Å²) in [5.74, 6) is -0.436. The van der Waals surface area contributed by atoms with Gasteiger partial charge in [0.1, 0.15) is 5.69 Å². The number of esters is 1. The van der Waals surface area contributed by atoms with Crippen LogP contribution < -0.4 is 5.43 Å². The van der Waals surface area contributed by atoms with Crippen LogP contribution in [-0.2, 0) is 9.53 Å². The Morgan fingerprint density at radius 3 is 2.84 bits per heavy atom. The van der Waals surface area contributed by atoms with Crippen LogP contribution in [0.3, 0.4) is 0 Å². The van der Waals surface area contributed by atoms with Gasteiger partial charge in [-0.2, -0.15) is 5.10 Å². The largest absolute Gasteiger partial charge is 0.469 e. The molecule has 0 aliphatic carbocycles. The molecule has 0 aromatic heterocycles. The van der Waals surface area contributed by atoms with Crippen molar-refractivity contribution in [2.45, 2.75) is 13.3 Å². The fourth-order valence-corrected chi connectivity index (χ4v) is 1.39. The van der Waals surface area contributed by atoms with Crippen LogP contribution in [0.1, 0.15) is 13.3 Å². The maximum Gasteiger partial charge on any atom is 0.311 e. The average molecular weight is 286 g/mol. The van der Waals surface area contributed by atoms with Gasteiger partial charge in [-0.1, -0.05) is 11.6 Å². The number of carbonyl (C=O) groups excluding carboxylic acids is 1. The van der Waals surface area contributed by atoms with Gasteiger partial charge in [-0.3, -0.25) is 20.3 Å². The molecule has 1 N–H and O–H groups in total. The molecule has 0 fully saturated rings. The molecule has 0 radical (unpaired) electrons. The number of rotatable bonds is 5.